The number of primary amides is 1. The summed E-state index contributed by atoms with van der Waals surface area (Å²) in [6.45, 7) is 0. The number of aromatic carboxylic acids is 1. The number of nitrogens with one attached hydrogen (secondary N) is 1. The van der Waals surface area contributed by atoms with Crippen molar-refractivity contribution in [2.75, 3.05) is 0 Å². The number of nitrogens with zero attached hydrogens (tertiary/aromatic N) is 2. The number of carbonyl (C=O) groups is 2. The average molecular weight is 432 g/mol. The number of aromatic nitrogens is 3. The van der Waals surface area contributed by atoms with Gasteiger partial charge in [-0.05, 0) is 48.5 Å². The molecule has 0 aliphatic carbocycles. The molecule has 0 aliphatic rings. The Morgan fingerprint density at radius 2 is 1.81 bits per heavy atom. The third-order valence-corrected chi connectivity index (χ3v) is 4.71. The highest BCUT2D eigenvalue weighted by molar-refractivity contribution is 5.96. The summed E-state index contributed by atoms with van der Waals surface area (Å²) >= 11 is 0. The maximum absolute atomic E-state index is 14.8. The Morgan fingerprint density at radius 3 is 2.42 bits per heavy atom. The number of rotatable bonds is 4. The van der Waals surface area contributed by atoms with Gasteiger partial charge in [0, 0.05) is 10.9 Å². The van der Waals surface area contributed by atoms with Gasteiger partial charge in [-0.3, -0.25) is 14.5 Å². The molecule has 0 fully saturated rings. The van der Waals surface area contributed by atoms with Crippen molar-refractivity contribution in [3.05, 3.63) is 71.2 Å². The zero-order valence-corrected chi connectivity index (χ0v) is 15.4. The minimum atomic E-state index is -4.60. The van der Waals surface area contributed by atoms with Gasteiger partial charge in [0.2, 0.25) is 5.91 Å². The predicted octanol–water partition coefficient (Wildman–Crippen LogP) is 3.98. The maximum Gasteiger partial charge on any atom is 0.416 e. The minimum Gasteiger partial charge on any atom is -0.477 e. The van der Waals surface area contributed by atoms with Crippen LogP contribution in [-0.2, 0) is 6.18 Å². The molecule has 4 rings (SSSR count). The molecule has 0 bridgehead atoms. The normalized spacial score (nSPS) is 11.7. The number of H-pyrrole nitrogens is 1. The van der Waals surface area contributed by atoms with E-state index in [-0.39, 0.29) is 39.2 Å². The van der Waals surface area contributed by atoms with Crippen molar-refractivity contribution in [2.24, 2.45) is 5.73 Å². The lowest BCUT2D eigenvalue weighted by Gasteiger charge is -2.13. The average Bonchev–Trinajstić information content (AvgIpc) is 3.30. The highest BCUT2D eigenvalue weighted by atomic mass is 19.4. The van der Waals surface area contributed by atoms with Crippen LogP contribution in [0, 0.1) is 5.82 Å². The van der Waals surface area contributed by atoms with E-state index in [1.54, 1.807) is 0 Å². The molecule has 0 saturated carbocycles. The molecule has 4 N–H and O–H groups in total. The Kier molecular flexibility index (Phi) is 4.53. The molecule has 11 heteroatoms. The molecular formula is C20H12F4N4O3. The molecule has 2 aromatic carbocycles. The van der Waals surface area contributed by atoms with Crippen molar-refractivity contribution < 1.29 is 32.3 Å². The van der Waals surface area contributed by atoms with Crippen molar-refractivity contribution in [1.29, 1.82) is 0 Å². The van der Waals surface area contributed by atoms with Gasteiger partial charge >= 0.3 is 12.1 Å². The van der Waals surface area contributed by atoms with Gasteiger partial charge in [-0.15, -0.1) is 0 Å². The molecule has 0 spiro atoms. The van der Waals surface area contributed by atoms with E-state index >= 15 is 0 Å². The van der Waals surface area contributed by atoms with Gasteiger partial charge in [0.25, 0.3) is 0 Å². The van der Waals surface area contributed by atoms with Crippen LogP contribution in [0.5, 0.6) is 0 Å². The fourth-order valence-corrected chi connectivity index (χ4v) is 3.28. The topological polar surface area (TPSA) is 114 Å². The third kappa shape index (κ3) is 3.39. The van der Waals surface area contributed by atoms with E-state index in [1.807, 2.05) is 0 Å². The van der Waals surface area contributed by atoms with Crippen LogP contribution >= 0.6 is 0 Å². The number of carboxylic acid groups (broad SMARTS) is 1. The number of aromatic amines is 1. The van der Waals surface area contributed by atoms with E-state index in [0.29, 0.717) is 0 Å². The summed E-state index contributed by atoms with van der Waals surface area (Å²) in [7, 11) is 0. The Balaban J connectivity index is 1.98. The summed E-state index contributed by atoms with van der Waals surface area (Å²) < 4.78 is 55.3. The summed E-state index contributed by atoms with van der Waals surface area (Å²) in [6.07, 6.45) is -4.60. The summed E-state index contributed by atoms with van der Waals surface area (Å²) in [5, 5.41) is 16.2. The smallest absolute Gasteiger partial charge is 0.416 e. The first kappa shape index (κ1) is 20.1. The Hall–Kier alpha value is -4.15. The predicted molar refractivity (Wildman–Crippen MR) is 101 cm³/mol. The molecule has 2 heterocycles. The molecule has 0 aliphatic heterocycles. The second-order valence-corrected chi connectivity index (χ2v) is 6.61. The van der Waals surface area contributed by atoms with Crippen LogP contribution in [0.25, 0.3) is 28.0 Å². The van der Waals surface area contributed by atoms with Gasteiger partial charge in [-0.1, -0.05) is 0 Å². The van der Waals surface area contributed by atoms with Crippen molar-refractivity contribution in [3.63, 3.8) is 0 Å². The first-order chi connectivity index (χ1) is 14.6. The van der Waals surface area contributed by atoms with Crippen LogP contribution in [0.2, 0.25) is 0 Å². The third-order valence-electron chi connectivity index (χ3n) is 4.71. The number of carbonyl (C=O) groups excluding carboxylic acids is 1. The second kappa shape index (κ2) is 6.97. The molecule has 7 nitrogen and oxygen atoms in total. The fourth-order valence-electron chi connectivity index (χ4n) is 3.28. The zero-order valence-electron chi connectivity index (χ0n) is 15.4. The fraction of sp³-hybridized carbons (Fsp3) is 0.0500. The van der Waals surface area contributed by atoms with Gasteiger partial charge in [0.15, 0.2) is 0 Å². The van der Waals surface area contributed by atoms with E-state index in [9.17, 15) is 32.3 Å². The second-order valence-electron chi connectivity index (χ2n) is 6.61. The Morgan fingerprint density at radius 1 is 1.06 bits per heavy atom. The summed E-state index contributed by atoms with van der Waals surface area (Å²) in [5.74, 6) is -3.23. The van der Waals surface area contributed by atoms with Gasteiger partial charge in [0.05, 0.1) is 22.5 Å². The molecule has 0 saturated heterocycles. The number of carboxylic acids is 1. The van der Waals surface area contributed by atoms with Crippen LogP contribution in [0.15, 0.2) is 48.5 Å². The Labute approximate surface area is 170 Å². The number of halogens is 4. The Bertz CT molecular complexity index is 1350. The van der Waals surface area contributed by atoms with Crippen LogP contribution in [0.1, 0.15) is 26.4 Å². The lowest BCUT2D eigenvalue weighted by molar-refractivity contribution is -0.137. The van der Waals surface area contributed by atoms with Crippen molar-refractivity contribution >= 4 is 22.8 Å². The van der Waals surface area contributed by atoms with E-state index < -0.39 is 29.4 Å². The lowest BCUT2D eigenvalue weighted by Crippen LogP contribution is -2.13. The van der Waals surface area contributed by atoms with Gasteiger partial charge in [0.1, 0.15) is 17.2 Å². The van der Waals surface area contributed by atoms with Crippen LogP contribution < -0.4 is 5.73 Å². The molecule has 4 aromatic rings. The SMILES string of the molecule is NC(=O)c1ccc(-n2c(C(=O)O)ccc2-c2n[nH]c3ccc(C(F)(F)F)cc23)c(F)c1. The minimum absolute atomic E-state index is 0.00743. The van der Waals surface area contributed by atoms with Gasteiger partial charge in [-0.2, -0.15) is 18.3 Å². The van der Waals surface area contributed by atoms with Crippen molar-refractivity contribution in [2.45, 2.75) is 6.18 Å². The molecule has 31 heavy (non-hydrogen) atoms. The molecule has 2 aromatic heterocycles. The maximum atomic E-state index is 14.8. The first-order valence-corrected chi connectivity index (χ1v) is 8.68. The van der Waals surface area contributed by atoms with Crippen LogP contribution in [0.3, 0.4) is 0 Å². The van der Waals surface area contributed by atoms with E-state index in [0.717, 1.165) is 28.8 Å². The largest absolute Gasteiger partial charge is 0.477 e. The standard InChI is InChI=1S/C20H12F4N4O3/c21-12-7-9(18(25)29)1-4-14(12)28-15(5-6-16(28)19(30)31)17-11-8-10(20(22,23)24)2-3-13(11)26-27-17/h1-8H,(H2,25,29)(H,26,27)(H,30,31). The summed E-state index contributed by atoms with van der Waals surface area (Å²) in [5.41, 5.74) is 3.78. The number of amides is 1. The highest BCUT2D eigenvalue weighted by Crippen LogP contribution is 2.36. The first-order valence-electron chi connectivity index (χ1n) is 8.68. The van der Waals surface area contributed by atoms with E-state index in [4.69, 9.17) is 5.73 Å². The lowest BCUT2D eigenvalue weighted by atomic mass is 10.1. The zero-order chi connectivity index (χ0) is 22.5. The van der Waals surface area contributed by atoms with Crippen molar-refractivity contribution in [3.8, 4) is 17.1 Å². The molecule has 0 unspecified atom stereocenters. The van der Waals surface area contributed by atoms with Crippen molar-refractivity contribution in [1.82, 2.24) is 14.8 Å². The summed E-state index contributed by atoms with van der Waals surface area (Å²) in [6, 6.07) is 8.64. The monoisotopic (exact) mass is 432 g/mol. The molecule has 0 atom stereocenters. The molecular weight excluding hydrogens is 420 g/mol. The van der Waals surface area contributed by atoms with Gasteiger partial charge < -0.3 is 10.8 Å². The number of nitrogens with two attached hydrogens (primary N) is 1. The van der Waals surface area contributed by atoms with Crippen LogP contribution in [0.4, 0.5) is 17.6 Å². The van der Waals surface area contributed by atoms with Crippen LogP contribution in [-0.4, -0.2) is 31.7 Å². The van der Waals surface area contributed by atoms with E-state index in [1.165, 1.54) is 24.3 Å². The highest BCUT2D eigenvalue weighted by Gasteiger charge is 2.31. The number of fused-ring (bicyclic) bond motifs is 1. The molecule has 158 valence electrons. The number of alkyl halides is 3. The summed E-state index contributed by atoms with van der Waals surface area (Å²) in [4.78, 5) is 23.0. The number of benzene rings is 2. The molecule has 1 amide bonds. The molecule has 0 radical (unpaired) electrons. The quantitative estimate of drug-likeness (QED) is 0.423. The number of hydrogen-bond donors (Lipinski definition) is 3. The van der Waals surface area contributed by atoms with E-state index in [2.05, 4.69) is 10.2 Å². The number of hydrogen-bond acceptors (Lipinski definition) is 3. The van der Waals surface area contributed by atoms with Gasteiger partial charge in [-0.25, -0.2) is 9.18 Å².